The lowest BCUT2D eigenvalue weighted by Crippen LogP contribution is -2.34. The maximum absolute atomic E-state index is 12.4. The van der Waals surface area contributed by atoms with Gasteiger partial charge in [0.1, 0.15) is 16.4 Å². The van der Waals surface area contributed by atoms with Crippen LogP contribution in [0, 0.1) is 6.92 Å². The van der Waals surface area contributed by atoms with Gasteiger partial charge < -0.3 is 9.15 Å². The van der Waals surface area contributed by atoms with E-state index in [2.05, 4.69) is 9.44 Å². The molecule has 1 aromatic heterocycles. The average Bonchev–Trinajstić information content (AvgIpc) is 3.06. The van der Waals surface area contributed by atoms with Crippen molar-refractivity contribution in [3.8, 4) is 5.75 Å². The third-order valence-electron chi connectivity index (χ3n) is 3.32. The Morgan fingerprint density at radius 2 is 1.88 bits per heavy atom. The Bertz CT molecular complexity index is 906. The molecule has 2 rings (SSSR count). The van der Waals surface area contributed by atoms with Gasteiger partial charge in [-0.3, -0.25) is 0 Å². The lowest BCUT2D eigenvalue weighted by atomic mass is 10.2. The zero-order valence-corrected chi connectivity index (χ0v) is 15.5. The SMILES string of the molecule is COc1ccc(C)cc1S(=O)(=O)NCCS(=O)(=O)NCc1ccco1. The fraction of sp³-hybridized carbons (Fsp3) is 0.333. The van der Waals surface area contributed by atoms with Crippen LogP contribution < -0.4 is 14.2 Å². The minimum atomic E-state index is -3.89. The lowest BCUT2D eigenvalue weighted by molar-refractivity contribution is 0.402. The van der Waals surface area contributed by atoms with Crippen molar-refractivity contribution in [2.75, 3.05) is 19.4 Å². The van der Waals surface area contributed by atoms with E-state index in [9.17, 15) is 16.8 Å². The molecule has 0 saturated heterocycles. The summed E-state index contributed by atoms with van der Waals surface area (Å²) in [4.78, 5) is -0.0315. The Hall–Kier alpha value is -1.88. The zero-order chi connectivity index (χ0) is 18.5. The molecule has 1 aromatic carbocycles. The van der Waals surface area contributed by atoms with E-state index in [1.165, 1.54) is 19.4 Å². The van der Waals surface area contributed by atoms with Crippen molar-refractivity contribution in [3.05, 3.63) is 47.9 Å². The van der Waals surface area contributed by atoms with E-state index in [-0.39, 0.29) is 23.7 Å². The highest BCUT2D eigenvalue weighted by Gasteiger charge is 2.20. The number of sulfonamides is 2. The maximum atomic E-state index is 12.4. The number of hydrogen-bond acceptors (Lipinski definition) is 6. The summed E-state index contributed by atoms with van der Waals surface area (Å²) >= 11 is 0. The highest BCUT2D eigenvalue weighted by Crippen LogP contribution is 2.24. The zero-order valence-electron chi connectivity index (χ0n) is 13.9. The van der Waals surface area contributed by atoms with Gasteiger partial charge in [0.05, 0.1) is 25.7 Å². The van der Waals surface area contributed by atoms with Crippen molar-refractivity contribution in [2.24, 2.45) is 0 Å². The van der Waals surface area contributed by atoms with E-state index < -0.39 is 25.8 Å². The summed E-state index contributed by atoms with van der Waals surface area (Å²) < 4.78 is 63.3. The third kappa shape index (κ3) is 5.56. The van der Waals surface area contributed by atoms with Crippen molar-refractivity contribution >= 4 is 20.0 Å². The number of furan rings is 1. The molecular formula is C15H20N2O6S2. The molecule has 0 aliphatic rings. The molecule has 8 nitrogen and oxygen atoms in total. The van der Waals surface area contributed by atoms with Crippen molar-refractivity contribution in [3.63, 3.8) is 0 Å². The predicted octanol–water partition coefficient (Wildman–Crippen LogP) is 0.995. The third-order valence-corrected chi connectivity index (χ3v) is 6.13. The smallest absolute Gasteiger partial charge is 0.244 e. The van der Waals surface area contributed by atoms with Gasteiger partial charge in [-0.1, -0.05) is 6.07 Å². The molecule has 0 unspecified atom stereocenters. The molecule has 25 heavy (non-hydrogen) atoms. The highest BCUT2D eigenvalue weighted by molar-refractivity contribution is 7.90. The second kappa shape index (κ2) is 8.00. The van der Waals surface area contributed by atoms with Crippen LogP contribution in [-0.2, 0) is 26.6 Å². The van der Waals surface area contributed by atoms with Gasteiger partial charge in [-0.15, -0.1) is 0 Å². The van der Waals surface area contributed by atoms with Gasteiger partial charge in [-0.2, -0.15) is 0 Å². The standard InChI is InChI=1S/C15H20N2O6S2/c1-12-5-6-14(22-2)15(10-12)25(20,21)16-7-9-24(18,19)17-11-13-4-3-8-23-13/h3-6,8,10,16-17H,7,9,11H2,1-2H3. The van der Waals surface area contributed by atoms with Crippen LogP contribution in [0.4, 0.5) is 0 Å². The summed E-state index contributed by atoms with van der Waals surface area (Å²) in [7, 11) is -6.18. The Kier molecular flexibility index (Phi) is 6.22. The van der Waals surface area contributed by atoms with Crippen LogP contribution in [-0.4, -0.2) is 36.2 Å². The molecule has 0 spiro atoms. The topological polar surface area (TPSA) is 115 Å². The molecule has 2 N–H and O–H groups in total. The maximum Gasteiger partial charge on any atom is 0.244 e. The quantitative estimate of drug-likeness (QED) is 0.662. The van der Waals surface area contributed by atoms with Crippen molar-refractivity contribution in [1.82, 2.24) is 9.44 Å². The molecule has 0 aliphatic carbocycles. The number of nitrogens with one attached hydrogen (secondary N) is 2. The van der Waals surface area contributed by atoms with Gasteiger partial charge in [0.2, 0.25) is 20.0 Å². The van der Waals surface area contributed by atoms with E-state index in [0.717, 1.165) is 5.56 Å². The van der Waals surface area contributed by atoms with E-state index in [1.54, 1.807) is 31.2 Å². The fourth-order valence-corrected chi connectivity index (χ4v) is 4.34. The van der Waals surface area contributed by atoms with E-state index in [0.29, 0.717) is 5.76 Å². The van der Waals surface area contributed by atoms with Crippen LogP contribution in [0.5, 0.6) is 5.75 Å². The van der Waals surface area contributed by atoms with Crippen LogP contribution in [0.25, 0.3) is 0 Å². The second-order valence-corrected chi connectivity index (χ2v) is 8.93. The first-order valence-electron chi connectivity index (χ1n) is 7.37. The summed E-state index contributed by atoms with van der Waals surface area (Å²) in [5.41, 5.74) is 0.744. The van der Waals surface area contributed by atoms with E-state index in [1.807, 2.05) is 0 Å². The summed E-state index contributed by atoms with van der Waals surface area (Å²) in [5.74, 6) is 0.256. The van der Waals surface area contributed by atoms with Crippen molar-refractivity contribution in [1.29, 1.82) is 0 Å². The number of ether oxygens (including phenoxy) is 1. The van der Waals surface area contributed by atoms with Gasteiger partial charge in [-0.05, 0) is 36.8 Å². The van der Waals surface area contributed by atoms with Crippen molar-refractivity contribution < 1.29 is 26.0 Å². The first-order valence-corrected chi connectivity index (χ1v) is 10.5. The molecule has 0 bridgehead atoms. The Labute approximate surface area is 147 Å². The first kappa shape index (κ1) is 19.4. The van der Waals surface area contributed by atoms with Crippen LogP contribution in [0.1, 0.15) is 11.3 Å². The monoisotopic (exact) mass is 388 g/mol. The van der Waals surface area contributed by atoms with Crippen LogP contribution in [0.15, 0.2) is 45.9 Å². The number of methoxy groups -OCH3 is 1. The molecular weight excluding hydrogens is 368 g/mol. The Morgan fingerprint density at radius 1 is 1.12 bits per heavy atom. The minimum absolute atomic E-state index is 0.00772. The van der Waals surface area contributed by atoms with Crippen LogP contribution >= 0.6 is 0 Å². The molecule has 1 heterocycles. The summed E-state index contributed by atoms with van der Waals surface area (Å²) in [6.07, 6.45) is 1.44. The number of aryl methyl sites for hydroxylation is 1. The average molecular weight is 388 g/mol. The molecule has 0 atom stereocenters. The Balaban J connectivity index is 1.97. The molecule has 138 valence electrons. The fourth-order valence-electron chi connectivity index (χ4n) is 2.05. The van der Waals surface area contributed by atoms with E-state index >= 15 is 0 Å². The summed E-state index contributed by atoms with van der Waals surface area (Å²) in [6, 6.07) is 8.01. The summed E-state index contributed by atoms with van der Waals surface area (Å²) in [6.45, 7) is 1.49. The summed E-state index contributed by atoms with van der Waals surface area (Å²) in [5, 5.41) is 0. The van der Waals surface area contributed by atoms with Gasteiger partial charge in [-0.25, -0.2) is 26.3 Å². The second-order valence-electron chi connectivity index (χ2n) is 5.27. The molecule has 0 saturated carbocycles. The number of rotatable bonds is 9. The first-order chi connectivity index (χ1) is 11.7. The molecule has 0 radical (unpaired) electrons. The minimum Gasteiger partial charge on any atom is -0.495 e. The molecule has 10 heteroatoms. The van der Waals surface area contributed by atoms with Gasteiger partial charge in [0.15, 0.2) is 0 Å². The van der Waals surface area contributed by atoms with Gasteiger partial charge in [0.25, 0.3) is 0 Å². The normalized spacial score (nSPS) is 12.2. The van der Waals surface area contributed by atoms with Gasteiger partial charge in [0, 0.05) is 6.54 Å². The largest absolute Gasteiger partial charge is 0.495 e. The van der Waals surface area contributed by atoms with Crippen molar-refractivity contribution in [2.45, 2.75) is 18.4 Å². The molecule has 0 amide bonds. The molecule has 0 aliphatic heterocycles. The number of hydrogen-bond donors (Lipinski definition) is 2. The van der Waals surface area contributed by atoms with Crippen LogP contribution in [0.3, 0.4) is 0 Å². The highest BCUT2D eigenvalue weighted by atomic mass is 32.2. The van der Waals surface area contributed by atoms with Gasteiger partial charge >= 0.3 is 0 Å². The van der Waals surface area contributed by atoms with E-state index in [4.69, 9.17) is 9.15 Å². The molecule has 0 fully saturated rings. The van der Waals surface area contributed by atoms with Crippen LogP contribution in [0.2, 0.25) is 0 Å². The predicted molar refractivity (Wildman–Crippen MR) is 92.3 cm³/mol. The Morgan fingerprint density at radius 3 is 2.52 bits per heavy atom. The molecule has 2 aromatic rings. The lowest BCUT2D eigenvalue weighted by Gasteiger charge is -2.12. The number of benzene rings is 1.